The molecule has 0 aliphatic carbocycles. The molecule has 0 radical (unpaired) electrons. The second-order valence-electron chi connectivity index (χ2n) is 5.70. The predicted octanol–water partition coefficient (Wildman–Crippen LogP) is 2.24. The first kappa shape index (κ1) is 14.2. The standard InChI is InChI=1S/C16H22N4O/c1-12(13-3-6-17-7-4-13)18-9-14-5-8-21-16(14)15-10-19-20(2)11-15/h3-4,6-7,10-12,14,16,18H,5,8-9H2,1-2H3/t12-,14+,16+/m0/s1. The lowest BCUT2D eigenvalue weighted by Gasteiger charge is -2.21. The minimum atomic E-state index is 0.163. The Labute approximate surface area is 125 Å². The molecular weight excluding hydrogens is 264 g/mol. The number of hydrogen-bond acceptors (Lipinski definition) is 4. The first-order valence-electron chi connectivity index (χ1n) is 7.47. The average molecular weight is 286 g/mol. The molecule has 0 spiro atoms. The van der Waals surface area contributed by atoms with Crippen molar-refractivity contribution in [3.63, 3.8) is 0 Å². The Balaban J connectivity index is 1.59. The normalized spacial score (nSPS) is 23.3. The molecule has 0 bridgehead atoms. The van der Waals surface area contributed by atoms with Gasteiger partial charge in [-0.1, -0.05) is 0 Å². The number of pyridine rings is 1. The quantitative estimate of drug-likeness (QED) is 0.916. The van der Waals surface area contributed by atoms with Crippen LogP contribution in [0.5, 0.6) is 0 Å². The summed E-state index contributed by atoms with van der Waals surface area (Å²) in [5.41, 5.74) is 2.44. The number of rotatable bonds is 5. The van der Waals surface area contributed by atoms with E-state index in [9.17, 15) is 0 Å². The molecular formula is C16H22N4O. The van der Waals surface area contributed by atoms with Crippen molar-refractivity contribution in [2.24, 2.45) is 13.0 Å². The second-order valence-corrected chi connectivity index (χ2v) is 5.70. The summed E-state index contributed by atoms with van der Waals surface area (Å²) in [7, 11) is 1.94. The lowest BCUT2D eigenvalue weighted by molar-refractivity contribution is 0.0899. The second kappa shape index (κ2) is 6.37. The number of ether oxygens (including phenoxy) is 1. The van der Waals surface area contributed by atoms with Crippen LogP contribution in [0.15, 0.2) is 36.9 Å². The van der Waals surface area contributed by atoms with Gasteiger partial charge in [0.05, 0.1) is 12.3 Å². The van der Waals surface area contributed by atoms with Gasteiger partial charge in [0.2, 0.25) is 0 Å². The van der Waals surface area contributed by atoms with Crippen LogP contribution in [0.4, 0.5) is 0 Å². The Morgan fingerprint density at radius 1 is 1.43 bits per heavy atom. The van der Waals surface area contributed by atoms with E-state index in [4.69, 9.17) is 4.74 Å². The Hall–Kier alpha value is -1.72. The molecule has 2 aromatic heterocycles. The van der Waals surface area contributed by atoms with E-state index in [0.717, 1.165) is 19.6 Å². The van der Waals surface area contributed by atoms with Crippen LogP contribution in [0, 0.1) is 5.92 Å². The first-order chi connectivity index (χ1) is 10.2. The minimum Gasteiger partial charge on any atom is -0.373 e. The van der Waals surface area contributed by atoms with Gasteiger partial charge < -0.3 is 10.1 Å². The Morgan fingerprint density at radius 3 is 2.95 bits per heavy atom. The van der Waals surface area contributed by atoms with Crippen molar-refractivity contribution in [3.05, 3.63) is 48.0 Å². The Kier molecular flexibility index (Phi) is 4.31. The van der Waals surface area contributed by atoms with Crippen molar-refractivity contribution in [2.45, 2.75) is 25.5 Å². The smallest absolute Gasteiger partial charge is 0.0896 e. The van der Waals surface area contributed by atoms with Gasteiger partial charge in [0.25, 0.3) is 0 Å². The van der Waals surface area contributed by atoms with Crippen molar-refractivity contribution in [1.82, 2.24) is 20.1 Å². The van der Waals surface area contributed by atoms with Crippen LogP contribution >= 0.6 is 0 Å². The van der Waals surface area contributed by atoms with E-state index in [1.165, 1.54) is 11.1 Å². The zero-order chi connectivity index (χ0) is 14.7. The summed E-state index contributed by atoms with van der Waals surface area (Å²) >= 11 is 0. The number of aromatic nitrogens is 3. The fourth-order valence-corrected chi connectivity index (χ4v) is 2.90. The molecule has 5 heteroatoms. The zero-order valence-corrected chi connectivity index (χ0v) is 12.6. The van der Waals surface area contributed by atoms with E-state index in [1.807, 2.05) is 30.3 Å². The van der Waals surface area contributed by atoms with Gasteiger partial charge in [0.1, 0.15) is 0 Å². The maximum absolute atomic E-state index is 5.90. The molecule has 1 aliphatic rings. The minimum absolute atomic E-state index is 0.163. The highest BCUT2D eigenvalue weighted by Crippen LogP contribution is 2.34. The molecule has 0 saturated carbocycles. The maximum atomic E-state index is 5.90. The molecule has 2 aromatic rings. The number of nitrogens with one attached hydrogen (secondary N) is 1. The van der Waals surface area contributed by atoms with E-state index in [-0.39, 0.29) is 6.10 Å². The van der Waals surface area contributed by atoms with Crippen LogP contribution in [0.3, 0.4) is 0 Å². The highest BCUT2D eigenvalue weighted by molar-refractivity contribution is 5.14. The van der Waals surface area contributed by atoms with Crippen LogP contribution < -0.4 is 5.32 Å². The van der Waals surface area contributed by atoms with Crippen molar-refractivity contribution < 1.29 is 4.74 Å². The topological polar surface area (TPSA) is 52.0 Å². The lowest BCUT2D eigenvalue weighted by Crippen LogP contribution is -2.27. The summed E-state index contributed by atoms with van der Waals surface area (Å²) in [5.74, 6) is 0.499. The lowest BCUT2D eigenvalue weighted by atomic mass is 9.96. The van der Waals surface area contributed by atoms with Crippen molar-refractivity contribution in [2.75, 3.05) is 13.2 Å². The number of aryl methyl sites for hydroxylation is 1. The molecule has 21 heavy (non-hydrogen) atoms. The Bertz CT molecular complexity index is 569. The van der Waals surface area contributed by atoms with E-state index < -0.39 is 0 Å². The van der Waals surface area contributed by atoms with Gasteiger partial charge in [-0.25, -0.2) is 0 Å². The van der Waals surface area contributed by atoms with Crippen molar-refractivity contribution >= 4 is 0 Å². The van der Waals surface area contributed by atoms with Crippen molar-refractivity contribution in [3.8, 4) is 0 Å². The Morgan fingerprint density at radius 2 is 2.24 bits per heavy atom. The highest BCUT2D eigenvalue weighted by atomic mass is 16.5. The molecule has 3 atom stereocenters. The highest BCUT2D eigenvalue weighted by Gasteiger charge is 2.30. The number of hydrogen-bond donors (Lipinski definition) is 1. The van der Waals surface area contributed by atoms with Gasteiger partial charge in [-0.05, 0) is 31.0 Å². The first-order valence-corrected chi connectivity index (χ1v) is 7.47. The fraction of sp³-hybridized carbons (Fsp3) is 0.500. The predicted molar refractivity (Wildman–Crippen MR) is 80.7 cm³/mol. The third-order valence-corrected chi connectivity index (χ3v) is 4.16. The summed E-state index contributed by atoms with van der Waals surface area (Å²) in [5, 5.41) is 7.86. The molecule has 0 unspecified atom stereocenters. The van der Waals surface area contributed by atoms with Gasteiger partial charge in [-0.2, -0.15) is 5.10 Å². The van der Waals surface area contributed by atoms with Crippen LogP contribution in [-0.4, -0.2) is 27.9 Å². The van der Waals surface area contributed by atoms with E-state index in [0.29, 0.717) is 12.0 Å². The van der Waals surface area contributed by atoms with Gasteiger partial charge in [-0.3, -0.25) is 9.67 Å². The van der Waals surface area contributed by atoms with Crippen molar-refractivity contribution in [1.29, 1.82) is 0 Å². The van der Waals surface area contributed by atoms with Crippen LogP contribution in [0.25, 0.3) is 0 Å². The molecule has 5 nitrogen and oxygen atoms in total. The molecule has 0 amide bonds. The van der Waals surface area contributed by atoms with Gasteiger partial charge >= 0.3 is 0 Å². The van der Waals surface area contributed by atoms with E-state index >= 15 is 0 Å². The van der Waals surface area contributed by atoms with Gasteiger partial charge in [0.15, 0.2) is 0 Å². The molecule has 3 heterocycles. The van der Waals surface area contributed by atoms with Crippen LogP contribution in [0.1, 0.15) is 36.6 Å². The monoisotopic (exact) mass is 286 g/mol. The van der Waals surface area contributed by atoms with Gasteiger partial charge in [-0.15, -0.1) is 0 Å². The molecule has 1 fully saturated rings. The summed E-state index contributed by atoms with van der Waals surface area (Å²) in [4.78, 5) is 4.06. The number of nitrogens with zero attached hydrogens (tertiary/aromatic N) is 3. The summed E-state index contributed by atoms with van der Waals surface area (Å²) < 4.78 is 7.73. The molecule has 1 saturated heterocycles. The third-order valence-electron chi connectivity index (χ3n) is 4.16. The summed E-state index contributed by atoms with van der Waals surface area (Å²) in [6.07, 6.45) is 8.89. The van der Waals surface area contributed by atoms with E-state index in [1.54, 1.807) is 0 Å². The molecule has 112 valence electrons. The molecule has 1 N–H and O–H groups in total. The SMILES string of the molecule is C[C@H](NC[C@H]1CCO[C@H]1c1cnn(C)c1)c1ccncc1. The zero-order valence-electron chi connectivity index (χ0n) is 12.6. The average Bonchev–Trinajstić information content (AvgIpc) is 3.14. The summed E-state index contributed by atoms with van der Waals surface area (Å²) in [6, 6.07) is 4.44. The molecule has 3 rings (SSSR count). The van der Waals surface area contributed by atoms with Crippen LogP contribution in [-0.2, 0) is 11.8 Å². The largest absolute Gasteiger partial charge is 0.373 e. The maximum Gasteiger partial charge on any atom is 0.0896 e. The van der Waals surface area contributed by atoms with E-state index in [2.05, 4.69) is 40.7 Å². The summed E-state index contributed by atoms with van der Waals surface area (Å²) in [6.45, 7) is 3.96. The van der Waals surface area contributed by atoms with Gasteiger partial charge in [0, 0.05) is 56.3 Å². The van der Waals surface area contributed by atoms with Crippen LogP contribution in [0.2, 0.25) is 0 Å². The third kappa shape index (κ3) is 3.31. The molecule has 0 aromatic carbocycles. The molecule has 1 aliphatic heterocycles. The fourth-order valence-electron chi connectivity index (χ4n) is 2.90.